The van der Waals surface area contributed by atoms with Gasteiger partial charge >= 0.3 is 0 Å². The second-order valence-corrected chi connectivity index (χ2v) is 7.05. The van der Waals surface area contributed by atoms with Crippen LogP contribution in [0.5, 0.6) is 5.75 Å². The second-order valence-electron chi connectivity index (χ2n) is 5.56. The van der Waals surface area contributed by atoms with Crippen molar-refractivity contribution in [3.8, 4) is 5.75 Å². The number of hydrogen-bond donors (Lipinski definition) is 1. The molecule has 0 heterocycles. The predicted octanol–water partition coefficient (Wildman–Crippen LogP) is 4.54. The number of carbonyl (C=O) groups is 1. The lowest BCUT2D eigenvalue weighted by atomic mass is 9.94. The Morgan fingerprint density at radius 3 is 2.26 bits per heavy atom. The van der Waals surface area contributed by atoms with E-state index in [1.807, 2.05) is 49.4 Å². The summed E-state index contributed by atoms with van der Waals surface area (Å²) in [5.41, 5.74) is 0.605. The zero-order valence-corrected chi connectivity index (χ0v) is 14.2. The van der Waals surface area contributed by atoms with E-state index in [1.54, 1.807) is 12.1 Å². The largest absolute Gasteiger partial charge is 0.494 e. The van der Waals surface area contributed by atoms with Gasteiger partial charge in [-0.25, -0.2) is 0 Å². The van der Waals surface area contributed by atoms with E-state index in [4.69, 9.17) is 27.9 Å². The van der Waals surface area contributed by atoms with Gasteiger partial charge in [0.2, 0.25) is 5.91 Å². The lowest BCUT2D eigenvalue weighted by molar-refractivity contribution is -0.118. The minimum absolute atomic E-state index is 0.196. The number of ether oxygens (including phenoxy) is 1. The number of carbonyl (C=O) groups excluding carboxylic acids is 1. The summed E-state index contributed by atoms with van der Waals surface area (Å²) in [6, 6.07) is 16.6. The van der Waals surface area contributed by atoms with Crippen LogP contribution in [0.25, 0.3) is 0 Å². The molecule has 1 amide bonds. The van der Waals surface area contributed by atoms with Crippen LogP contribution < -0.4 is 10.1 Å². The fourth-order valence-electron chi connectivity index (χ4n) is 2.74. The van der Waals surface area contributed by atoms with Gasteiger partial charge in [0.1, 0.15) is 15.5 Å². The van der Waals surface area contributed by atoms with Crippen molar-refractivity contribution < 1.29 is 9.53 Å². The number of anilines is 1. The first kappa shape index (κ1) is 16.2. The Morgan fingerprint density at radius 1 is 1.13 bits per heavy atom. The van der Waals surface area contributed by atoms with Crippen molar-refractivity contribution in [2.24, 2.45) is 0 Å². The quantitative estimate of drug-likeness (QED) is 0.804. The van der Waals surface area contributed by atoms with Gasteiger partial charge in [0, 0.05) is 12.1 Å². The van der Waals surface area contributed by atoms with Crippen molar-refractivity contribution in [2.75, 3.05) is 11.9 Å². The van der Waals surface area contributed by atoms with Gasteiger partial charge in [-0.15, -0.1) is 23.2 Å². The van der Waals surface area contributed by atoms with Crippen molar-refractivity contribution in [3.63, 3.8) is 0 Å². The molecule has 1 saturated carbocycles. The number of nitrogens with one attached hydrogen (secondary N) is 1. The molecule has 3 rings (SSSR count). The Hall–Kier alpha value is -1.71. The van der Waals surface area contributed by atoms with Crippen molar-refractivity contribution in [1.82, 2.24) is 0 Å². The van der Waals surface area contributed by atoms with Crippen LogP contribution in [0, 0.1) is 0 Å². The molecular formula is C18H17Cl2NO2. The number of rotatable bonds is 5. The average Bonchev–Trinajstić information content (AvgIpc) is 3.14. The Bertz CT molecular complexity index is 701. The molecule has 0 radical (unpaired) electrons. The Labute approximate surface area is 145 Å². The van der Waals surface area contributed by atoms with E-state index in [9.17, 15) is 4.79 Å². The molecule has 0 saturated heterocycles. The Balaban J connectivity index is 1.81. The normalized spacial score (nSPS) is 21.5. The van der Waals surface area contributed by atoms with Gasteiger partial charge in [-0.2, -0.15) is 0 Å². The molecule has 3 nitrogen and oxygen atoms in total. The summed E-state index contributed by atoms with van der Waals surface area (Å²) in [4.78, 5) is 12.8. The molecule has 1 aliphatic rings. The maximum Gasteiger partial charge on any atom is 0.238 e. The molecule has 23 heavy (non-hydrogen) atoms. The predicted molar refractivity (Wildman–Crippen MR) is 93.4 cm³/mol. The highest BCUT2D eigenvalue weighted by Crippen LogP contribution is 2.65. The highest BCUT2D eigenvalue weighted by atomic mass is 35.5. The monoisotopic (exact) mass is 349 g/mol. The van der Waals surface area contributed by atoms with Gasteiger partial charge in [0.05, 0.1) is 6.61 Å². The molecule has 0 spiro atoms. The molecular weight excluding hydrogens is 333 g/mol. The summed E-state index contributed by atoms with van der Waals surface area (Å²) >= 11 is 12.6. The summed E-state index contributed by atoms with van der Waals surface area (Å²) in [6.07, 6.45) is 0.399. The van der Waals surface area contributed by atoms with Crippen LogP contribution in [0.15, 0.2) is 54.6 Å². The first-order valence-electron chi connectivity index (χ1n) is 7.47. The van der Waals surface area contributed by atoms with E-state index in [2.05, 4.69) is 5.32 Å². The molecule has 0 aliphatic heterocycles. The van der Waals surface area contributed by atoms with Crippen LogP contribution in [-0.2, 0) is 10.2 Å². The van der Waals surface area contributed by atoms with Crippen LogP contribution in [0.2, 0.25) is 0 Å². The fourth-order valence-corrected chi connectivity index (χ4v) is 3.53. The van der Waals surface area contributed by atoms with E-state index in [-0.39, 0.29) is 5.91 Å². The van der Waals surface area contributed by atoms with E-state index in [0.29, 0.717) is 18.7 Å². The third-order valence-electron chi connectivity index (χ3n) is 4.06. The minimum Gasteiger partial charge on any atom is -0.494 e. The maximum atomic E-state index is 12.8. The number of hydrogen-bond acceptors (Lipinski definition) is 2. The molecule has 5 heteroatoms. The van der Waals surface area contributed by atoms with E-state index < -0.39 is 9.75 Å². The lowest BCUT2D eigenvalue weighted by Gasteiger charge is -2.18. The SMILES string of the molecule is CCOc1ccc(NC(=O)[C@]2(c3ccccc3)CC2(Cl)Cl)cc1. The first-order chi connectivity index (χ1) is 11.0. The summed E-state index contributed by atoms with van der Waals surface area (Å²) in [5.74, 6) is 0.566. The number of amides is 1. The summed E-state index contributed by atoms with van der Waals surface area (Å²) in [6.45, 7) is 2.52. The molecule has 2 aromatic carbocycles. The first-order valence-corrected chi connectivity index (χ1v) is 8.23. The van der Waals surface area contributed by atoms with Gasteiger partial charge in [-0.05, 0) is 36.8 Å². The van der Waals surface area contributed by atoms with E-state index >= 15 is 0 Å². The molecule has 120 valence electrons. The van der Waals surface area contributed by atoms with Crippen LogP contribution in [0.4, 0.5) is 5.69 Å². The third-order valence-corrected chi connectivity index (χ3v) is 4.98. The number of halogens is 2. The molecule has 0 bridgehead atoms. The van der Waals surface area contributed by atoms with Crippen LogP contribution in [0.1, 0.15) is 18.9 Å². The zero-order chi connectivity index (χ0) is 16.5. The van der Waals surface area contributed by atoms with Crippen LogP contribution in [-0.4, -0.2) is 16.8 Å². The zero-order valence-electron chi connectivity index (χ0n) is 12.7. The van der Waals surface area contributed by atoms with E-state index in [0.717, 1.165) is 11.3 Å². The number of benzene rings is 2. The summed E-state index contributed by atoms with van der Waals surface area (Å²) < 4.78 is 4.31. The lowest BCUT2D eigenvalue weighted by Crippen LogP contribution is -2.32. The molecule has 0 unspecified atom stereocenters. The van der Waals surface area contributed by atoms with Gasteiger partial charge < -0.3 is 10.1 Å². The van der Waals surface area contributed by atoms with Gasteiger partial charge in [-0.1, -0.05) is 30.3 Å². The average molecular weight is 350 g/mol. The molecule has 1 fully saturated rings. The van der Waals surface area contributed by atoms with Crippen molar-refractivity contribution in [3.05, 3.63) is 60.2 Å². The third kappa shape index (κ3) is 2.91. The smallest absolute Gasteiger partial charge is 0.238 e. The molecule has 0 aromatic heterocycles. The molecule has 1 N–H and O–H groups in total. The Morgan fingerprint density at radius 2 is 1.74 bits per heavy atom. The number of alkyl halides is 2. The standard InChI is InChI=1S/C18H17Cl2NO2/c1-2-23-15-10-8-14(9-11-15)21-16(22)17(12-18(17,19)20)13-6-4-3-5-7-13/h3-11H,2,12H2,1H3,(H,21,22)/t17-/m1/s1. The molecule has 2 aromatic rings. The van der Waals surface area contributed by atoms with E-state index in [1.165, 1.54) is 0 Å². The van der Waals surface area contributed by atoms with Crippen LogP contribution >= 0.6 is 23.2 Å². The highest BCUT2D eigenvalue weighted by Gasteiger charge is 2.72. The maximum absolute atomic E-state index is 12.8. The van der Waals surface area contributed by atoms with Crippen molar-refractivity contribution in [1.29, 1.82) is 0 Å². The van der Waals surface area contributed by atoms with Crippen LogP contribution in [0.3, 0.4) is 0 Å². The fraction of sp³-hybridized carbons (Fsp3) is 0.278. The molecule has 1 aliphatic carbocycles. The minimum atomic E-state index is -1.08. The topological polar surface area (TPSA) is 38.3 Å². The second kappa shape index (κ2) is 6.06. The van der Waals surface area contributed by atoms with Gasteiger partial charge in [-0.3, -0.25) is 4.79 Å². The summed E-state index contributed by atoms with van der Waals surface area (Å²) in [5, 5.41) is 2.90. The highest BCUT2D eigenvalue weighted by molar-refractivity contribution is 6.54. The van der Waals surface area contributed by atoms with Gasteiger partial charge in [0.25, 0.3) is 0 Å². The van der Waals surface area contributed by atoms with Gasteiger partial charge in [0.15, 0.2) is 0 Å². The van der Waals surface area contributed by atoms with Crippen molar-refractivity contribution in [2.45, 2.75) is 23.1 Å². The molecule has 1 atom stereocenters. The Kier molecular flexibility index (Phi) is 4.26. The summed E-state index contributed by atoms with van der Waals surface area (Å²) in [7, 11) is 0. The van der Waals surface area contributed by atoms with Crippen molar-refractivity contribution >= 4 is 34.8 Å².